The second kappa shape index (κ2) is 7.40. The molecule has 0 bridgehead atoms. The summed E-state index contributed by atoms with van der Waals surface area (Å²) >= 11 is 5.84. The number of hydrogen-bond acceptors (Lipinski definition) is 5. The molecule has 2 N–H and O–H groups in total. The van der Waals surface area contributed by atoms with E-state index in [4.69, 9.17) is 16.3 Å². The van der Waals surface area contributed by atoms with Crippen LogP contribution in [0.15, 0.2) is 58.1 Å². The number of halogens is 1. The molecule has 3 rings (SSSR count). The molecule has 0 aliphatic heterocycles. The van der Waals surface area contributed by atoms with Crippen LogP contribution in [0, 0.1) is 0 Å². The quantitative estimate of drug-likeness (QED) is 0.635. The molecular formula is C19H17ClN2O3. The minimum absolute atomic E-state index is 0.290. The molecule has 3 aromatic rings. The Morgan fingerprint density at radius 2 is 1.72 bits per heavy atom. The maximum absolute atomic E-state index is 11.8. The molecule has 0 radical (unpaired) electrons. The van der Waals surface area contributed by atoms with Gasteiger partial charge in [-0.25, -0.2) is 0 Å². The van der Waals surface area contributed by atoms with E-state index in [1.165, 1.54) is 0 Å². The summed E-state index contributed by atoms with van der Waals surface area (Å²) in [5.74, 6) is 0.789. The van der Waals surface area contributed by atoms with E-state index in [1.54, 1.807) is 31.4 Å². The lowest BCUT2D eigenvalue weighted by Crippen LogP contribution is -2.37. The fourth-order valence-corrected chi connectivity index (χ4v) is 2.64. The Bertz CT molecular complexity index is 944. The zero-order valence-corrected chi connectivity index (χ0v) is 14.4. The van der Waals surface area contributed by atoms with Gasteiger partial charge in [-0.2, -0.15) is 0 Å². The van der Waals surface area contributed by atoms with E-state index in [0.717, 1.165) is 11.3 Å². The predicted octanol–water partition coefficient (Wildman–Crippen LogP) is 3.34. The van der Waals surface area contributed by atoms with Crippen molar-refractivity contribution in [3.8, 4) is 5.75 Å². The fourth-order valence-electron chi connectivity index (χ4n) is 2.52. The van der Waals surface area contributed by atoms with Crippen LogP contribution < -0.4 is 26.2 Å². The summed E-state index contributed by atoms with van der Waals surface area (Å²) < 4.78 is 5.19. The van der Waals surface area contributed by atoms with Crippen LogP contribution in [0.5, 0.6) is 5.75 Å². The summed E-state index contributed by atoms with van der Waals surface area (Å²) in [6, 6.07) is 14.6. The van der Waals surface area contributed by atoms with Crippen LogP contribution in [0.4, 0.5) is 17.1 Å². The van der Waals surface area contributed by atoms with Crippen LogP contribution in [-0.2, 0) is 6.42 Å². The van der Waals surface area contributed by atoms with Gasteiger partial charge < -0.3 is 15.4 Å². The van der Waals surface area contributed by atoms with Crippen molar-refractivity contribution in [1.82, 2.24) is 0 Å². The Balaban J connectivity index is 1.65. The van der Waals surface area contributed by atoms with Gasteiger partial charge in [0, 0.05) is 17.3 Å². The van der Waals surface area contributed by atoms with Gasteiger partial charge in [-0.1, -0.05) is 23.7 Å². The first-order chi connectivity index (χ1) is 12.1. The molecule has 0 saturated heterocycles. The topological polar surface area (TPSA) is 67.4 Å². The third-order valence-electron chi connectivity index (χ3n) is 3.87. The van der Waals surface area contributed by atoms with Crippen molar-refractivity contribution in [3.63, 3.8) is 0 Å². The van der Waals surface area contributed by atoms with Gasteiger partial charge in [-0.3, -0.25) is 9.59 Å². The molecule has 128 valence electrons. The standard InChI is InChI=1S/C19H17ClN2O3/c1-25-15-4-2-3-12(11-15)9-10-21-16-17(19(24)18(16)23)22-14-7-5-13(20)6-8-14/h2-8,11,21-22H,9-10H2,1H3. The van der Waals surface area contributed by atoms with E-state index in [9.17, 15) is 9.59 Å². The third kappa shape index (κ3) is 3.83. The number of ether oxygens (including phenoxy) is 1. The Morgan fingerprint density at radius 1 is 1.00 bits per heavy atom. The summed E-state index contributed by atoms with van der Waals surface area (Å²) in [4.78, 5) is 23.6. The normalized spacial score (nSPS) is 10.6. The van der Waals surface area contributed by atoms with Gasteiger partial charge >= 0.3 is 0 Å². The molecule has 0 saturated carbocycles. The highest BCUT2D eigenvalue weighted by Gasteiger charge is 2.20. The first kappa shape index (κ1) is 17.0. The summed E-state index contributed by atoms with van der Waals surface area (Å²) in [6.45, 7) is 0.535. The molecular weight excluding hydrogens is 340 g/mol. The first-order valence-electron chi connectivity index (χ1n) is 7.81. The van der Waals surface area contributed by atoms with Crippen molar-refractivity contribution < 1.29 is 4.74 Å². The number of methoxy groups -OCH3 is 1. The van der Waals surface area contributed by atoms with Crippen LogP contribution >= 0.6 is 11.6 Å². The molecule has 0 aromatic heterocycles. The fraction of sp³-hybridized carbons (Fsp3) is 0.158. The number of nitrogens with one attached hydrogen (secondary N) is 2. The highest BCUT2D eigenvalue weighted by atomic mass is 35.5. The van der Waals surface area contributed by atoms with Gasteiger partial charge in [0.25, 0.3) is 10.9 Å². The van der Waals surface area contributed by atoms with Crippen LogP contribution in [0.2, 0.25) is 5.02 Å². The van der Waals surface area contributed by atoms with Crippen molar-refractivity contribution >= 4 is 28.7 Å². The van der Waals surface area contributed by atoms with Crippen LogP contribution in [-0.4, -0.2) is 13.7 Å². The number of rotatable bonds is 7. The molecule has 0 spiro atoms. The van der Waals surface area contributed by atoms with Gasteiger partial charge in [0.05, 0.1) is 7.11 Å². The second-order valence-corrected chi connectivity index (χ2v) is 6.00. The summed E-state index contributed by atoms with van der Waals surface area (Å²) in [7, 11) is 1.62. The van der Waals surface area contributed by atoms with Crippen molar-refractivity contribution in [1.29, 1.82) is 0 Å². The zero-order valence-electron chi connectivity index (χ0n) is 13.6. The van der Waals surface area contributed by atoms with Gasteiger partial charge in [-0.05, 0) is 48.4 Å². The predicted molar refractivity (Wildman–Crippen MR) is 101 cm³/mol. The Hall–Kier alpha value is -2.79. The highest BCUT2D eigenvalue weighted by molar-refractivity contribution is 6.30. The third-order valence-corrected chi connectivity index (χ3v) is 4.13. The lowest BCUT2D eigenvalue weighted by molar-refractivity contribution is 0.414. The monoisotopic (exact) mass is 356 g/mol. The second-order valence-electron chi connectivity index (χ2n) is 5.57. The van der Waals surface area contributed by atoms with E-state index in [-0.39, 0.29) is 5.69 Å². The SMILES string of the molecule is COc1cccc(CCNc2c(Nc3ccc(Cl)cc3)c(=O)c2=O)c1. The Morgan fingerprint density at radius 3 is 2.44 bits per heavy atom. The summed E-state index contributed by atoms with van der Waals surface area (Å²) in [5, 5.41) is 6.62. The molecule has 0 atom stereocenters. The van der Waals surface area contributed by atoms with E-state index in [2.05, 4.69) is 10.6 Å². The zero-order chi connectivity index (χ0) is 17.8. The molecule has 0 fully saturated rings. The average molecular weight is 357 g/mol. The smallest absolute Gasteiger partial charge is 0.253 e. The first-order valence-corrected chi connectivity index (χ1v) is 8.19. The lowest BCUT2D eigenvalue weighted by atomic mass is 10.1. The number of hydrogen-bond donors (Lipinski definition) is 2. The molecule has 25 heavy (non-hydrogen) atoms. The molecule has 0 amide bonds. The largest absolute Gasteiger partial charge is 0.497 e. The van der Waals surface area contributed by atoms with Crippen molar-refractivity contribution in [2.45, 2.75) is 6.42 Å². The van der Waals surface area contributed by atoms with Crippen molar-refractivity contribution in [3.05, 3.63) is 79.6 Å². The molecule has 0 heterocycles. The minimum atomic E-state index is -0.515. The minimum Gasteiger partial charge on any atom is -0.497 e. The van der Waals surface area contributed by atoms with Crippen LogP contribution in [0.3, 0.4) is 0 Å². The molecule has 0 aliphatic carbocycles. The van der Waals surface area contributed by atoms with Gasteiger partial charge in [0.15, 0.2) is 0 Å². The van der Waals surface area contributed by atoms with Crippen molar-refractivity contribution in [2.75, 3.05) is 24.3 Å². The molecule has 5 nitrogen and oxygen atoms in total. The van der Waals surface area contributed by atoms with E-state index in [0.29, 0.717) is 29.4 Å². The van der Waals surface area contributed by atoms with Gasteiger partial charge in [0.2, 0.25) is 0 Å². The summed E-state index contributed by atoms with van der Waals surface area (Å²) in [6.07, 6.45) is 0.705. The van der Waals surface area contributed by atoms with Crippen LogP contribution in [0.25, 0.3) is 0 Å². The van der Waals surface area contributed by atoms with E-state index in [1.807, 2.05) is 24.3 Å². The van der Waals surface area contributed by atoms with Gasteiger partial charge in [-0.15, -0.1) is 0 Å². The lowest BCUT2D eigenvalue weighted by Gasteiger charge is -2.15. The Kier molecular flexibility index (Phi) is 5.05. The maximum Gasteiger partial charge on any atom is 0.253 e. The van der Waals surface area contributed by atoms with E-state index >= 15 is 0 Å². The average Bonchev–Trinajstić information content (AvgIpc) is 2.65. The molecule has 0 unspecified atom stereocenters. The Labute approximate surface area is 149 Å². The number of anilines is 3. The van der Waals surface area contributed by atoms with Crippen LogP contribution in [0.1, 0.15) is 5.56 Å². The summed E-state index contributed by atoms with van der Waals surface area (Å²) in [5.41, 5.74) is 1.38. The molecule has 3 aromatic carbocycles. The van der Waals surface area contributed by atoms with Crippen molar-refractivity contribution in [2.24, 2.45) is 0 Å². The highest BCUT2D eigenvalue weighted by Crippen LogP contribution is 2.22. The molecule has 0 aliphatic rings. The molecule has 6 heteroatoms. The van der Waals surface area contributed by atoms with Gasteiger partial charge in [0.1, 0.15) is 17.1 Å². The number of benzene rings is 2. The van der Waals surface area contributed by atoms with E-state index < -0.39 is 10.9 Å². The maximum atomic E-state index is 11.8.